The number of rotatable bonds is 0. The van der Waals surface area contributed by atoms with Crippen LogP contribution in [-0.4, -0.2) is 7.85 Å². The molecule has 3 rings (SSSR count). The van der Waals surface area contributed by atoms with E-state index in [1.807, 2.05) is 12.1 Å². The summed E-state index contributed by atoms with van der Waals surface area (Å²) in [4.78, 5) is 12.1. The molecule has 16 heavy (non-hydrogen) atoms. The van der Waals surface area contributed by atoms with E-state index in [-0.39, 0.29) is 5.43 Å². The van der Waals surface area contributed by atoms with Crippen molar-refractivity contribution in [2.75, 3.05) is 0 Å². The molecule has 0 amide bonds. The highest BCUT2D eigenvalue weighted by Gasteiger charge is 2.06. The first-order valence-corrected chi connectivity index (χ1v) is 4.97. The van der Waals surface area contributed by atoms with Crippen molar-refractivity contribution < 1.29 is 4.42 Å². The normalized spacial score (nSPS) is 11.0. The fourth-order valence-corrected chi connectivity index (χ4v) is 1.82. The van der Waals surface area contributed by atoms with Crippen LogP contribution >= 0.6 is 0 Å². The van der Waals surface area contributed by atoms with Gasteiger partial charge in [-0.2, -0.15) is 0 Å². The van der Waals surface area contributed by atoms with E-state index in [4.69, 9.17) is 12.3 Å². The van der Waals surface area contributed by atoms with E-state index in [0.29, 0.717) is 27.4 Å². The zero-order valence-corrected chi connectivity index (χ0v) is 8.44. The van der Waals surface area contributed by atoms with Gasteiger partial charge in [-0.3, -0.25) is 4.79 Å². The lowest BCUT2D eigenvalue weighted by Gasteiger charge is -2.01. The molecule has 0 atom stereocenters. The van der Waals surface area contributed by atoms with Crippen molar-refractivity contribution in [2.45, 2.75) is 0 Å². The standard InChI is InChI=1S/C13H7BO2/c14-8-5-6-12-10(7-8)13(15)9-3-1-2-4-11(9)16-12/h1-7H. The Morgan fingerprint density at radius 3 is 2.56 bits per heavy atom. The Kier molecular flexibility index (Phi) is 1.87. The largest absolute Gasteiger partial charge is 0.456 e. The average molecular weight is 206 g/mol. The molecule has 0 saturated carbocycles. The average Bonchev–Trinajstić information content (AvgIpc) is 2.31. The maximum atomic E-state index is 12.1. The van der Waals surface area contributed by atoms with Crippen molar-refractivity contribution in [3.63, 3.8) is 0 Å². The van der Waals surface area contributed by atoms with E-state index in [9.17, 15) is 4.79 Å². The molecule has 1 heterocycles. The number of benzene rings is 2. The van der Waals surface area contributed by atoms with Gasteiger partial charge in [0.1, 0.15) is 19.0 Å². The summed E-state index contributed by atoms with van der Waals surface area (Å²) < 4.78 is 5.63. The predicted molar refractivity (Wildman–Crippen MR) is 65.4 cm³/mol. The van der Waals surface area contributed by atoms with Gasteiger partial charge in [0.25, 0.3) is 0 Å². The van der Waals surface area contributed by atoms with Gasteiger partial charge in [-0.25, -0.2) is 0 Å². The summed E-state index contributed by atoms with van der Waals surface area (Å²) in [7, 11) is 5.66. The summed E-state index contributed by atoms with van der Waals surface area (Å²) in [6.07, 6.45) is 0. The predicted octanol–water partition coefficient (Wildman–Crippen LogP) is 1.74. The molecule has 0 aliphatic rings. The van der Waals surface area contributed by atoms with Crippen molar-refractivity contribution >= 4 is 35.2 Å². The third-order valence-electron chi connectivity index (χ3n) is 2.60. The second-order valence-electron chi connectivity index (χ2n) is 3.68. The van der Waals surface area contributed by atoms with Crippen LogP contribution in [0.25, 0.3) is 21.9 Å². The van der Waals surface area contributed by atoms with Crippen LogP contribution in [0.4, 0.5) is 0 Å². The molecule has 74 valence electrons. The van der Waals surface area contributed by atoms with Gasteiger partial charge in [0.2, 0.25) is 5.43 Å². The van der Waals surface area contributed by atoms with Crippen LogP contribution in [0.1, 0.15) is 0 Å². The van der Waals surface area contributed by atoms with Crippen LogP contribution in [0.2, 0.25) is 0 Å². The summed E-state index contributed by atoms with van der Waals surface area (Å²) in [6.45, 7) is 0. The first-order valence-electron chi connectivity index (χ1n) is 4.97. The molecule has 0 aliphatic carbocycles. The topological polar surface area (TPSA) is 30.2 Å². The van der Waals surface area contributed by atoms with Crippen LogP contribution in [0, 0.1) is 0 Å². The Labute approximate surface area is 92.9 Å². The highest BCUT2D eigenvalue weighted by Crippen LogP contribution is 2.16. The second-order valence-corrected chi connectivity index (χ2v) is 3.68. The Morgan fingerprint density at radius 1 is 0.938 bits per heavy atom. The summed E-state index contributed by atoms with van der Waals surface area (Å²) in [5.41, 5.74) is 1.70. The molecule has 3 heteroatoms. The molecular weight excluding hydrogens is 199 g/mol. The lowest BCUT2D eigenvalue weighted by molar-refractivity contribution is 0.660. The van der Waals surface area contributed by atoms with Crippen molar-refractivity contribution in [1.82, 2.24) is 0 Å². The Morgan fingerprint density at radius 2 is 1.69 bits per heavy atom. The maximum absolute atomic E-state index is 12.1. The van der Waals surface area contributed by atoms with E-state index >= 15 is 0 Å². The van der Waals surface area contributed by atoms with E-state index in [1.54, 1.807) is 30.3 Å². The summed E-state index contributed by atoms with van der Waals surface area (Å²) in [5, 5.41) is 1.11. The molecule has 0 aliphatic heterocycles. The molecule has 3 aromatic rings. The van der Waals surface area contributed by atoms with E-state index in [1.165, 1.54) is 0 Å². The lowest BCUT2D eigenvalue weighted by Crippen LogP contribution is -2.07. The number of hydrogen-bond acceptors (Lipinski definition) is 2. The first kappa shape index (κ1) is 9.22. The molecule has 0 unspecified atom stereocenters. The highest BCUT2D eigenvalue weighted by atomic mass is 16.3. The minimum Gasteiger partial charge on any atom is -0.456 e. The molecule has 0 bridgehead atoms. The van der Waals surface area contributed by atoms with Crippen molar-refractivity contribution in [3.05, 3.63) is 52.7 Å². The molecule has 1 aromatic heterocycles. The third-order valence-corrected chi connectivity index (χ3v) is 2.60. The van der Waals surface area contributed by atoms with Gasteiger partial charge >= 0.3 is 0 Å². The molecule has 2 aromatic carbocycles. The molecular formula is C13H7BO2. The minimum atomic E-state index is -0.0378. The van der Waals surface area contributed by atoms with Gasteiger partial charge in [0.15, 0.2) is 0 Å². The Bertz CT molecular complexity index is 744. The molecule has 0 N–H and O–H groups in total. The highest BCUT2D eigenvalue weighted by molar-refractivity contribution is 6.33. The third kappa shape index (κ3) is 1.25. The fraction of sp³-hybridized carbons (Fsp3) is 0. The quantitative estimate of drug-likeness (QED) is 0.414. The van der Waals surface area contributed by atoms with Gasteiger partial charge in [-0.15, -0.1) is 0 Å². The molecule has 0 fully saturated rings. The fourth-order valence-electron chi connectivity index (χ4n) is 1.82. The van der Waals surface area contributed by atoms with Gasteiger partial charge in [0, 0.05) is 0 Å². The summed E-state index contributed by atoms with van der Waals surface area (Å²) in [5.74, 6) is 0. The molecule has 0 spiro atoms. The molecule has 0 saturated heterocycles. The van der Waals surface area contributed by atoms with E-state index < -0.39 is 0 Å². The summed E-state index contributed by atoms with van der Waals surface area (Å²) >= 11 is 0. The molecule has 2 nitrogen and oxygen atoms in total. The number of para-hydroxylation sites is 1. The lowest BCUT2D eigenvalue weighted by atomic mass is 9.94. The summed E-state index contributed by atoms with van der Waals surface area (Å²) in [6, 6.07) is 12.3. The van der Waals surface area contributed by atoms with Crippen molar-refractivity contribution in [2.24, 2.45) is 0 Å². The zero-order valence-electron chi connectivity index (χ0n) is 8.44. The second kappa shape index (κ2) is 3.24. The van der Waals surface area contributed by atoms with E-state index in [2.05, 4.69) is 0 Å². The van der Waals surface area contributed by atoms with Crippen LogP contribution in [0.5, 0.6) is 0 Å². The zero-order chi connectivity index (χ0) is 11.1. The van der Waals surface area contributed by atoms with Gasteiger partial charge in [-0.1, -0.05) is 29.7 Å². The molecule has 2 radical (unpaired) electrons. The smallest absolute Gasteiger partial charge is 0.200 e. The maximum Gasteiger partial charge on any atom is 0.200 e. The Hall–Kier alpha value is -2.03. The monoisotopic (exact) mass is 206 g/mol. The minimum absolute atomic E-state index is 0.0378. The van der Waals surface area contributed by atoms with Crippen LogP contribution in [0.3, 0.4) is 0 Å². The number of hydrogen-bond donors (Lipinski definition) is 0. The van der Waals surface area contributed by atoms with E-state index in [0.717, 1.165) is 0 Å². The number of fused-ring (bicyclic) bond motifs is 2. The van der Waals surface area contributed by atoms with Crippen molar-refractivity contribution in [3.8, 4) is 0 Å². The van der Waals surface area contributed by atoms with Gasteiger partial charge in [-0.05, 0) is 18.2 Å². The SMILES string of the molecule is [B]c1ccc2oc3ccccc3c(=O)c2c1. The van der Waals surface area contributed by atoms with Crippen LogP contribution in [-0.2, 0) is 0 Å². The first-order chi connectivity index (χ1) is 7.75. The van der Waals surface area contributed by atoms with Crippen molar-refractivity contribution in [1.29, 1.82) is 0 Å². The van der Waals surface area contributed by atoms with Gasteiger partial charge < -0.3 is 4.42 Å². The van der Waals surface area contributed by atoms with Crippen LogP contribution in [0.15, 0.2) is 51.7 Å². The van der Waals surface area contributed by atoms with Gasteiger partial charge in [0.05, 0.1) is 10.8 Å². The Balaban J connectivity index is 2.61. The van der Waals surface area contributed by atoms with Crippen LogP contribution < -0.4 is 10.9 Å².